The molecule has 1 aliphatic carbocycles. The molecule has 1 unspecified atom stereocenters. The van der Waals surface area contributed by atoms with E-state index in [1.54, 1.807) is 5.56 Å². The summed E-state index contributed by atoms with van der Waals surface area (Å²) in [4.78, 5) is 2.25. The molecule has 1 aromatic carbocycles. The molecule has 0 amide bonds. The number of benzene rings is 1. The molecule has 0 radical (unpaired) electrons. The molecule has 2 heteroatoms. The lowest BCUT2D eigenvalue weighted by Crippen LogP contribution is -2.21. The summed E-state index contributed by atoms with van der Waals surface area (Å²) in [6.45, 7) is 2.34. The van der Waals surface area contributed by atoms with Gasteiger partial charge in [0.15, 0.2) is 0 Å². The highest BCUT2D eigenvalue weighted by Crippen LogP contribution is 2.30. The Morgan fingerprint density at radius 3 is 2.88 bits per heavy atom. The molecule has 17 heavy (non-hydrogen) atoms. The SMILES string of the molecule is CN(C)CCCCNC1CCc2ccccc21. The number of unbranched alkanes of at least 4 members (excludes halogenated alkanes) is 1. The molecule has 1 aliphatic rings. The van der Waals surface area contributed by atoms with Crippen LogP contribution in [0.15, 0.2) is 24.3 Å². The van der Waals surface area contributed by atoms with Crippen LogP contribution in [0.5, 0.6) is 0 Å². The largest absolute Gasteiger partial charge is 0.310 e. The first-order chi connectivity index (χ1) is 8.27. The van der Waals surface area contributed by atoms with Crippen molar-refractivity contribution in [2.24, 2.45) is 0 Å². The Kier molecular flexibility index (Phi) is 4.57. The average Bonchev–Trinajstić information content (AvgIpc) is 2.72. The van der Waals surface area contributed by atoms with Crippen LogP contribution < -0.4 is 5.32 Å². The van der Waals surface area contributed by atoms with Crippen LogP contribution in [0, 0.1) is 0 Å². The van der Waals surface area contributed by atoms with Gasteiger partial charge in [0.2, 0.25) is 0 Å². The predicted octanol–water partition coefficient (Wildman–Crippen LogP) is 2.61. The smallest absolute Gasteiger partial charge is 0.0326 e. The standard InChI is InChI=1S/C15H24N2/c1-17(2)12-6-5-11-16-15-10-9-13-7-3-4-8-14(13)15/h3-4,7-8,15-16H,5-6,9-12H2,1-2H3. The van der Waals surface area contributed by atoms with Crippen LogP contribution in [0.1, 0.15) is 36.4 Å². The lowest BCUT2D eigenvalue weighted by Gasteiger charge is -2.14. The van der Waals surface area contributed by atoms with Gasteiger partial charge in [0.1, 0.15) is 0 Å². The van der Waals surface area contributed by atoms with Gasteiger partial charge in [-0.3, -0.25) is 0 Å². The van der Waals surface area contributed by atoms with Crippen molar-refractivity contribution >= 4 is 0 Å². The van der Waals surface area contributed by atoms with E-state index in [-0.39, 0.29) is 0 Å². The topological polar surface area (TPSA) is 15.3 Å². The second kappa shape index (κ2) is 6.18. The van der Waals surface area contributed by atoms with Crippen LogP contribution in [-0.4, -0.2) is 32.1 Å². The molecule has 1 aromatic rings. The third-order valence-electron chi connectivity index (χ3n) is 3.56. The summed E-state index contributed by atoms with van der Waals surface area (Å²) < 4.78 is 0. The molecule has 2 nitrogen and oxygen atoms in total. The number of fused-ring (bicyclic) bond motifs is 1. The monoisotopic (exact) mass is 232 g/mol. The van der Waals surface area contributed by atoms with Gasteiger partial charge in [0.25, 0.3) is 0 Å². The Balaban J connectivity index is 1.71. The van der Waals surface area contributed by atoms with Gasteiger partial charge in [-0.1, -0.05) is 24.3 Å². The lowest BCUT2D eigenvalue weighted by molar-refractivity contribution is 0.387. The molecular weight excluding hydrogens is 208 g/mol. The summed E-state index contributed by atoms with van der Waals surface area (Å²) in [6, 6.07) is 9.46. The second-order valence-corrected chi connectivity index (χ2v) is 5.25. The third kappa shape index (κ3) is 3.55. The van der Waals surface area contributed by atoms with Gasteiger partial charge >= 0.3 is 0 Å². The van der Waals surface area contributed by atoms with Gasteiger partial charge in [0.05, 0.1) is 0 Å². The lowest BCUT2D eigenvalue weighted by atomic mass is 10.1. The molecule has 1 N–H and O–H groups in total. The number of hydrogen-bond donors (Lipinski definition) is 1. The molecule has 1 atom stereocenters. The number of nitrogens with zero attached hydrogens (tertiary/aromatic N) is 1. The van der Waals surface area contributed by atoms with E-state index in [1.807, 2.05) is 0 Å². The van der Waals surface area contributed by atoms with Crippen molar-refractivity contribution in [1.82, 2.24) is 10.2 Å². The van der Waals surface area contributed by atoms with Crippen LogP contribution in [0.25, 0.3) is 0 Å². The number of aryl methyl sites for hydroxylation is 1. The van der Waals surface area contributed by atoms with E-state index < -0.39 is 0 Å². The van der Waals surface area contributed by atoms with Crippen molar-refractivity contribution in [2.45, 2.75) is 31.7 Å². The van der Waals surface area contributed by atoms with E-state index in [4.69, 9.17) is 0 Å². The highest BCUT2D eigenvalue weighted by atomic mass is 15.0. The molecule has 0 saturated carbocycles. The number of rotatable bonds is 6. The Labute approximate surface area is 105 Å². The van der Waals surface area contributed by atoms with Crippen LogP contribution in [0.3, 0.4) is 0 Å². The van der Waals surface area contributed by atoms with Gasteiger partial charge in [-0.05, 0) is 64.0 Å². The molecule has 94 valence electrons. The Morgan fingerprint density at radius 2 is 2.06 bits per heavy atom. The van der Waals surface area contributed by atoms with Crippen LogP contribution >= 0.6 is 0 Å². The second-order valence-electron chi connectivity index (χ2n) is 5.25. The van der Waals surface area contributed by atoms with E-state index in [0.29, 0.717) is 6.04 Å². The van der Waals surface area contributed by atoms with Crippen molar-refractivity contribution in [1.29, 1.82) is 0 Å². The minimum atomic E-state index is 0.602. The Hall–Kier alpha value is -0.860. The Bertz CT molecular complexity index is 347. The van der Waals surface area contributed by atoms with Crippen molar-refractivity contribution in [3.05, 3.63) is 35.4 Å². The van der Waals surface area contributed by atoms with Crippen molar-refractivity contribution in [3.63, 3.8) is 0 Å². The molecule has 0 spiro atoms. The third-order valence-corrected chi connectivity index (χ3v) is 3.56. The van der Waals surface area contributed by atoms with Crippen LogP contribution in [0.4, 0.5) is 0 Å². The first-order valence-corrected chi connectivity index (χ1v) is 6.73. The highest BCUT2D eigenvalue weighted by molar-refractivity contribution is 5.34. The maximum Gasteiger partial charge on any atom is 0.0326 e. The number of nitrogens with one attached hydrogen (secondary N) is 1. The van der Waals surface area contributed by atoms with E-state index in [2.05, 4.69) is 48.6 Å². The number of hydrogen-bond acceptors (Lipinski definition) is 2. The minimum absolute atomic E-state index is 0.602. The van der Waals surface area contributed by atoms with Gasteiger partial charge < -0.3 is 10.2 Å². The zero-order valence-corrected chi connectivity index (χ0v) is 11.1. The first-order valence-electron chi connectivity index (χ1n) is 6.73. The highest BCUT2D eigenvalue weighted by Gasteiger charge is 2.20. The molecule has 0 aromatic heterocycles. The van der Waals surface area contributed by atoms with Gasteiger partial charge in [-0.15, -0.1) is 0 Å². The molecule has 0 aliphatic heterocycles. The summed E-state index contributed by atoms with van der Waals surface area (Å²) in [5.74, 6) is 0. The molecule has 2 rings (SSSR count). The van der Waals surface area contributed by atoms with Crippen molar-refractivity contribution in [2.75, 3.05) is 27.2 Å². The molecule has 0 fully saturated rings. The van der Waals surface area contributed by atoms with Crippen molar-refractivity contribution in [3.8, 4) is 0 Å². The molecule has 0 saturated heterocycles. The summed E-state index contributed by atoms with van der Waals surface area (Å²) in [5, 5.41) is 3.69. The van der Waals surface area contributed by atoms with E-state index >= 15 is 0 Å². The predicted molar refractivity (Wildman–Crippen MR) is 73.3 cm³/mol. The summed E-state index contributed by atoms with van der Waals surface area (Å²) in [5.41, 5.74) is 3.07. The average molecular weight is 232 g/mol. The Morgan fingerprint density at radius 1 is 1.24 bits per heavy atom. The van der Waals surface area contributed by atoms with E-state index in [1.165, 1.54) is 37.8 Å². The molecule has 0 bridgehead atoms. The zero-order chi connectivity index (χ0) is 12.1. The van der Waals surface area contributed by atoms with Crippen molar-refractivity contribution < 1.29 is 0 Å². The summed E-state index contributed by atoms with van der Waals surface area (Å²) >= 11 is 0. The minimum Gasteiger partial charge on any atom is -0.310 e. The first kappa shape index (κ1) is 12.6. The zero-order valence-electron chi connectivity index (χ0n) is 11.1. The van der Waals surface area contributed by atoms with Crippen LogP contribution in [0.2, 0.25) is 0 Å². The summed E-state index contributed by atoms with van der Waals surface area (Å²) in [7, 11) is 4.28. The van der Waals surface area contributed by atoms with E-state index in [0.717, 1.165) is 6.54 Å². The van der Waals surface area contributed by atoms with Gasteiger partial charge in [-0.25, -0.2) is 0 Å². The van der Waals surface area contributed by atoms with Crippen LogP contribution in [-0.2, 0) is 6.42 Å². The van der Waals surface area contributed by atoms with E-state index in [9.17, 15) is 0 Å². The molecule has 0 heterocycles. The summed E-state index contributed by atoms with van der Waals surface area (Å²) in [6.07, 6.45) is 5.07. The fraction of sp³-hybridized carbons (Fsp3) is 0.600. The fourth-order valence-electron chi connectivity index (χ4n) is 2.60. The van der Waals surface area contributed by atoms with Gasteiger partial charge in [-0.2, -0.15) is 0 Å². The molecular formula is C15H24N2. The van der Waals surface area contributed by atoms with Gasteiger partial charge in [0, 0.05) is 6.04 Å². The quantitative estimate of drug-likeness (QED) is 0.758. The maximum atomic E-state index is 3.69. The maximum absolute atomic E-state index is 3.69. The normalized spacial score (nSPS) is 18.6. The fourth-order valence-corrected chi connectivity index (χ4v) is 2.60.